The van der Waals surface area contributed by atoms with Crippen molar-refractivity contribution < 1.29 is 18.7 Å². The number of nitrogens with one attached hydrogen (secondary N) is 1. The lowest BCUT2D eigenvalue weighted by atomic mass is 9.95. The van der Waals surface area contributed by atoms with E-state index in [-0.39, 0.29) is 24.2 Å². The Balaban J connectivity index is 1.63. The molecule has 0 spiro atoms. The van der Waals surface area contributed by atoms with Crippen LogP contribution in [-0.4, -0.2) is 19.6 Å². The van der Waals surface area contributed by atoms with E-state index in [4.69, 9.17) is 9.47 Å². The third-order valence-electron chi connectivity index (χ3n) is 3.96. The molecule has 4 nitrogen and oxygen atoms in total. The number of carbonyl (C=O) groups is 1. The standard InChI is InChI=1S/C18H18FNO3/c1-22-15-6-7-17-13(9-15)8-14(11-23-17)18(21)20-10-12-4-2-3-5-16(12)19/h2-7,9,14H,8,10-11H2,1H3,(H,20,21)/t14-/m0/s1. The first-order chi connectivity index (χ1) is 11.2. The normalized spacial score (nSPS) is 16.2. The zero-order valence-electron chi connectivity index (χ0n) is 12.8. The summed E-state index contributed by atoms with van der Waals surface area (Å²) >= 11 is 0. The molecule has 0 radical (unpaired) electrons. The van der Waals surface area contributed by atoms with Gasteiger partial charge in [-0.1, -0.05) is 18.2 Å². The molecule has 2 aromatic rings. The molecule has 1 atom stereocenters. The van der Waals surface area contributed by atoms with Crippen molar-refractivity contribution in [2.24, 2.45) is 5.92 Å². The molecule has 5 heteroatoms. The Morgan fingerprint density at radius 3 is 2.96 bits per heavy atom. The maximum atomic E-state index is 13.6. The summed E-state index contributed by atoms with van der Waals surface area (Å²) in [6.07, 6.45) is 0.579. The number of halogens is 1. The maximum absolute atomic E-state index is 13.6. The second-order valence-electron chi connectivity index (χ2n) is 5.49. The van der Waals surface area contributed by atoms with Crippen LogP contribution >= 0.6 is 0 Å². The van der Waals surface area contributed by atoms with Crippen LogP contribution < -0.4 is 14.8 Å². The number of hydrogen-bond donors (Lipinski definition) is 1. The molecule has 0 fully saturated rings. The molecule has 0 aromatic heterocycles. The lowest BCUT2D eigenvalue weighted by Crippen LogP contribution is -2.37. The fourth-order valence-electron chi connectivity index (χ4n) is 2.63. The molecular formula is C18H18FNO3. The van der Waals surface area contributed by atoms with Gasteiger partial charge in [0.05, 0.1) is 13.0 Å². The highest BCUT2D eigenvalue weighted by molar-refractivity contribution is 5.79. The van der Waals surface area contributed by atoms with Gasteiger partial charge < -0.3 is 14.8 Å². The van der Waals surface area contributed by atoms with Crippen molar-refractivity contribution in [3.8, 4) is 11.5 Å². The highest BCUT2D eigenvalue weighted by Crippen LogP contribution is 2.30. The maximum Gasteiger partial charge on any atom is 0.227 e. The van der Waals surface area contributed by atoms with Gasteiger partial charge in [-0.05, 0) is 36.2 Å². The number of ether oxygens (including phenoxy) is 2. The first-order valence-electron chi connectivity index (χ1n) is 7.48. The van der Waals surface area contributed by atoms with E-state index in [0.29, 0.717) is 18.6 Å². The predicted octanol–water partition coefficient (Wildman–Crippen LogP) is 2.70. The van der Waals surface area contributed by atoms with Crippen molar-refractivity contribution in [2.45, 2.75) is 13.0 Å². The zero-order chi connectivity index (χ0) is 16.2. The van der Waals surface area contributed by atoms with E-state index in [1.165, 1.54) is 6.07 Å². The lowest BCUT2D eigenvalue weighted by Gasteiger charge is -2.25. The summed E-state index contributed by atoms with van der Waals surface area (Å²) in [6, 6.07) is 12.0. The summed E-state index contributed by atoms with van der Waals surface area (Å²) in [5, 5.41) is 2.78. The SMILES string of the molecule is COc1ccc2c(c1)C[C@H](C(=O)NCc1ccccc1F)CO2. The number of fused-ring (bicyclic) bond motifs is 1. The number of amides is 1. The third-order valence-corrected chi connectivity index (χ3v) is 3.96. The fraction of sp³-hybridized carbons (Fsp3) is 0.278. The number of hydrogen-bond acceptors (Lipinski definition) is 3. The van der Waals surface area contributed by atoms with Crippen LogP contribution in [0.3, 0.4) is 0 Å². The minimum atomic E-state index is -0.317. The number of benzene rings is 2. The summed E-state index contributed by atoms with van der Waals surface area (Å²) in [4.78, 5) is 12.3. The fourth-order valence-corrected chi connectivity index (χ4v) is 2.63. The van der Waals surface area contributed by atoms with Gasteiger partial charge in [0.15, 0.2) is 0 Å². The van der Waals surface area contributed by atoms with Crippen LogP contribution in [0.25, 0.3) is 0 Å². The Morgan fingerprint density at radius 2 is 2.17 bits per heavy atom. The van der Waals surface area contributed by atoms with Crippen molar-refractivity contribution in [3.05, 3.63) is 59.4 Å². The quantitative estimate of drug-likeness (QED) is 0.944. The largest absolute Gasteiger partial charge is 0.497 e. The summed E-state index contributed by atoms with van der Waals surface area (Å²) in [5.41, 5.74) is 1.42. The topological polar surface area (TPSA) is 47.6 Å². The summed E-state index contributed by atoms with van der Waals surface area (Å²) in [6.45, 7) is 0.495. The van der Waals surface area contributed by atoms with E-state index in [0.717, 1.165) is 17.1 Å². The molecule has 1 amide bonds. The van der Waals surface area contributed by atoms with Gasteiger partial charge in [-0.3, -0.25) is 4.79 Å². The van der Waals surface area contributed by atoms with Crippen LogP contribution in [0.5, 0.6) is 11.5 Å². The minimum absolute atomic E-state index is 0.137. The number of methoxy groups -OCH3 is 1. The van der Waals surface area contributed by atoms with Crippen LogP contribution in [0.2, 0.25) is 0 Å². The molecule has 23 heavy (non-hydrogen) atoms. The van der Waals surface area contributed by atoms with Gasteiger partial charge in [0.2, 0.25) is 5.91 Å². The van der Waals surface area contributed by atoms with Crippen molar-refractivity contribution in [1.29, 1.82) is 0 Å². The van der Waals surface area contributed by atoms with Gasteiger partial charge in [0.25, 0.3) is 0 Å². The molecule has 1 aliphatic rings. The summed E-state index contributed by atoms with van der Waals surface area (Å²) in [5.74, 6) is 0.773. The molecule has 1 N–H and O–H groups in total. The smallest absolute Gasteiger partial charge is 0.227 e. The molecule has 2 aromatic carbocycles. The van der Waals surface area contributed by atoms with Gasteiger partial charge in [0.1, 0.15) is 23.9 Å². The molecule has 0 aliphatic carbocycles. The Labute approximate surface area is 134 Å². The van der Waals surface area contributed by atoms with Gasteiger partial charge in [-0.25, -0.2) is 4.39 Å². The molecule has 1 aliphatic heterocycles. The Hall–Kier alpha value is -2.56. The second kappa shape index (κ2) is 6.69. The van der Waals surface area contributed by atoms with Gasteiger partial charge in [-0.2, -0.15) is 0 Å². The molecule has 0 unspecified atom stereocenters. The zero-order valence-corrected chi connectivity index (χ0v) is 12.8. The molecule has 0 saturated carbocycles. The van der Waals surface area contributed by atoms with E-state index < -0.39 is 0 Å². The molecule has 1 heterocycles. The van der Waals surface area contributed by atoms with Crippen LogP contribution in [0, 0.1) is 11.7 Å². The third kappa shape index (κ3) is 3.44. The summed E-state index contributed by atoms with van der Waals surface area (Å²) < 4.78 is 24.4. The average molecular weight is 315 g/mol. The van der Waals surface area contributed by atoms with Crippen molar-refractivity contribution >= 4 is 5.91 Å². The van der Waals surface area contributed by atoms with Gasteiger partial charge >= 0.3 is 0 Å². The molecular weight excluding hydrogens is 297 g/mol. The van der Waals surface area contributed by atoms with E-state index in [1.807, 2.05) is 18.2 Å². The van der Waals surface area contributed by atoms with E-state index in [2.05, 4.69) is 5.32 Å². The van der Waals surface area contributed by atoms with Gasteiger partial charge in [-0.15, -0.1) is 0 Å². The van der Waals surface area contributed by atoms with Crippen molar-refractivity contribution in [3.63, 3.8) is 0 Å². The Morgan fingerprint density at radius 1 is 1.35 bits per heavy atom. The van der Waals surface area contributed by atoms with Crippen LogP contribution in [0.4, 0.5) is 4.39 Å². The van der Waals surface area contributed by atoms with Crippen LogP contribution in [-0.2, 0) is 17.8 Å². The predicted molar refractivity (Wildman–Crippen MR) is 83.9 cm³/mol. The minimum Gasteiger partial charge on any atom is -0.497 e. The average Bonchev–Trinajstić information content (AvgIpc) is 2.59. The van der Waals surface area contributed by atoms with Crippen LogP contribution in [0.1, 0.15) is 11.1 Å². The van der Waals surface area contributed by atoms with E-state index in [9.17, 15) is 9.18 Å². The molecule has 0 bridgehead atoms. The monoisotopic (exact) mass is 315 g/mol. The van der Waals surface area contributed by atoms with Gasteiger partial charge in [0, 0.05) is 12.1 Å². The van der Waals surface area contributed by atoms with E-state index >= 15 is 0 Å². The number of rotatable bonds is 4. The number of carbonyl (C=O) groups excluding carboxylic acids is 1. The van der Waals surface area contributed by atoms with Crippen LogP contribution in [0.15, 0.2) is 42.5 Å². The first kappa shape index (κ1) is 15.3. The lowest BCUT2D eigenvalue weighted by molar-refractivity contribution is -0.126. The Kier molecular flexibility index (Phi) is 4.46. The second-order valence-corrected chi connectivity index (χ2v) is 5.49. The highest BCUT2D eigenvalue weighted by atomic mass is 19.1. The highest BCUT2D eigenvalue weighted by Gasteiger charge is 2.26. The first-order valence-corrected chi connectivity index (χ1v) is 7.48. The van der Waals surface area contributed by atoms with Crippen molar-refractivity contribution in [2.75, 3.05) is 13.7 Å². The van der Waals surface area contributed by atoms with Crippen molar-refractivity contribution in [1.82, 2.24) is 5.32 Å². The Bertz CT molecular complexity index is 717. The molecule has 3 rings (SSSR count). The summed E-state index contributed by atoms with van der Waals surface area (Å²) in [7, 11) is 1.60. The van der Waals surface area contributed by atoms with E-state index in [1.54, 1.807) is 25.3 Å². The molecule has 120 valence electrons. The molecule has 0 saturated heterocycles.